The van der Waals surface area contributed by atoms with Gasteiger partial charge in [-0.2, -0.15) is 0 Å². The molecule has 0 atom stereocenters. The largest absolute Gasteiger partial charge is 0.483 e. The molecule has 0 bridgehead atoms. The van der Waals surface area contributed by atoms with E-state index in [2.05, 4.69) is 40.6 Å². The van der Waals surface area contributed by atoms with Gasteiger partial charge in [-0.3, -0.25) is 20.4 Å². The van der Waals surface area contributed by atoms with Crippen LogP contribution in [0.5, 0.6) is 5.75 Å². The lowest BCUT2D eigenvalue weighted by molar-refractivity contribution is -0.128. The fourth-order valence-corrected chi connectivity index (χ4v) is 2.59. The van der Waals surface area contributed by atoms with Crippen molar-refractivity contribution in [3.05, 3.63) is 70.2 Å². The topological polar surface area (TPSA) is 67.4 Å². The van der Waals surface area contributed by atoms with E-state index in [9.17, 15) is 9.59 Å². The predicted molar refractivity (Wildman–Crippen MR) is 105 cm³/mol. The Balaban J connectivity index is 1.77. The molecule has 0 aliphatic heterocycles. The van der Waals surface area contributed by atoms with Crippen LogP contribution in [0.1, 0.15) is 30.9 Å². The van der Waals surface area contributed by atoms with Crippen LogP contribution < -0.4 is 15.6 Å². The average molecular weight is 417 g/mol. The third-order valence-corrected chi connectivity index (χ3v) is 4.15. The molecule has 0 saturated carbocycles. The first-order chi connectivity index (χ1) is 12.5. The number of benzene rings is 2. The Morgan fingerprint density at radius 1 is 1.12 bits per heavy atom. The molecule has 0 aromatic heterocycles. The lowest BCUT2D eigenvalue weighted by Gasteiger charge is -2.11. The lowest BCUT2D eigenvalue weighted by atomic mass is 10.0. The Morgan fingerprint density at radius 3 is 2.50 bits per heavy atom. The lowest BCUT2D eigenvalue weighted by Crippen LogP contribution is -2.43. The summed E-state index contributed by atoms with van der Waals surface area (Å²) in [7, 11) is 0. The van der Waals surface area contributed by atoms with Gasteiger partial charge >= 0.3 is 0 Å². The first-order valence-electron chi connectivity index (χ1n) is 8.20. The Morgan fingerprint density at radius 2 is 1.85 bits per heavy atom. The van der Waals surface area contributed by atoms with Crippen LogP contribution in [0.4, 0.5) is 0 Å². The zero-order valence-electron chi connectivity index (χ0n) is 14.7. The number of hydrazine groups is 1. The molecule has 6 heteroatoms. The monoisotopic (exact) mass is 416 g/mol. The number of ether oxygens (including phenoxy) is 1. The van der Waals surface area contributed by atoms with Gasteiger partial charge in [-0.1, -0.05) is 50.2 Å². The summed E-state index contributed by atoms with van der Waals surface area (Å²) >= 11 is 3.43. The van der Waals surface area contributed by atoms with E-state index in [1.165, 1.54) is 11.6 Å². The van der Waals surface area contributed by atoms with E-state index in [4.69, 9.17) is 4.74 Å². The Kier molecular flexibility index (Phi) is 7.41. The van der Waals surface area contributed by atoms with E-state index in [1.54, 1.807) is 6.08 Å². The molecular weight excluding hydrogens is 396 g/mol. The summed E-state index contributed by atoms with van der Waals surface area (Å²) in [6.45, 7) is 4.00. The van der Waals surface area contributed by atoms with E-state index in [0.717, 1.165) is 10.0 Å². The molecule has 26 heavy (non-hydrogen) atoms. The first kappa shape index (κ1) is 19.7. The van der Waals surface area contributed by atoms with Crippen LogP contribution in [0, 0.1) is 0 Å². The standard InChI is InChI=1S/C20H21BrN2O3/c1-14(2)16-9-10-18(17(21)12-16)26-13-20(25)23-22-19(24)11-8-15-6-4-3-5-7-15/h3-12,14H,13H2,1-2H3,(H,22,24)(H,23,25)/b11-8+. The molecule has 0 unspecified atom stereocenters. The van der Waals surface area contributed by atoms with Crippen molar-refractivity contribution in [2.75, 3.05) is 6.61 Å². The van der Waals surface area contributed by atoms with E-state index in [1.807, 2.05) is 48.5 Å². The second-order valence-electron chi connectivity index (χ2n) is 5.91. The van der Waals surface area contributed by atoms with Gasteiger partial charge in [0.1, 0.15) is 5.75 Å². The van der Waals surface area contributed by atoms with E-state index in [-0.39, 0.29) is 6.61 Å². The highest BCUT2D eigenvalue weighted by atomic mass is 79.9. The van der Waals surface area contributed by atoms with Gasteiger partial charge in [0.05, 0.1) is 4.47 Å². The quantitative estimate of drug-likeness (QED) is 0.555. The summed E-state index contributed by atoms with van der Waals surface area (Å²) in [5.74, 6) is 0.0959. The molecule has 2 N–H and O–H groups in total. The highest BCUT2D eigenvalue weighted by Crippen LogP contribution is 2.28. The SMILES string of the molecule is CC(C)c1ccc(OCC(=O)NNC(=O)/C=C/c2ccccc2)c(Br)c1. The van der Waals surface area contributed by atoms with Crippen LogP contribution in [-0.2, 0) is 9.59 Å². The Hall–Kier alpha value is -2.60. The van der Waals surface area contributed by atoms with Crippen molar-refractivity contribution >= 4 is 33.8 Å². The van der Waals surface area contributed by atoms with Crippen LogP contribution in [0.2, 0.25) is 0 Å². The maximum atomic E-state index is 11.8. The smallest absolute Gasteiger partial charge is 0.276 e. The number of hydrogen-bond donors (Lipinski definition) is 2. The van der Waals surface area contributed by atoms with Gasteiger partial charge in [0.15, 0.2) is 6.61 Å². The molecule has 0 fully saturated rings. The minimum atomic E-state index is -0.453. The number of hydrogen-bond acceptors (Lipinski definition) is 3. The third-order valence-electron chi connectivity index (χ3n) is 3.53. The van der Waals surface area contributed by atoms with Crippen LogP contribution in [0.3, 0.4) is 0 Å². The van der Waals surface area contributed by atoms with Crippen LogP contribution in [-0.4, -0.2) is 18.4 Å². The minimum absolute atomic E-state index is 0.206. The molecule has 0 heterocycles. The van der Waals surface area contributed by atoms with E-state index in [0.29, 0.717) is 11.7 Å². The van der Waals surface area contributed by atoms with Gasteiger partial charge in [0.2, 0.25) is 0 Å². The molecule has 2 rings (SSSR count). The third kappa shape index (κ3) is 6.37. The first-order valence-corrected chi connectivity index (χ1v) is 8.99. The highest BCUT2D eigenvalue weighted by molar-refractivity contribution is 9.10. The molecule has 0 aliphatic rings. The van der Waals surface area contributed by atoms with Gasteiger partial charge in [0, 0.05) is 6.08 Å². The van der Waals surface area contributed by atoms with Crippen molar-refractivity contribution in [2.24, 2.45) is 0 Å². The number of amides is 2. The van der Waals surface area contributed by atoms with Crippen molar-refractivity contribution in [1.29, 1.82) is 0 Å². The van der Waals surface area contributed by atoms with Crippen molar-refractivity contribution in [3.8, 4) is 5.75 Å². The van der Waals surface area contributed by atoms with Gasteiger partial charge in [-0.15, -0.1) is 0 Å². The number of carbonyl (C=O) groups is 2. The van der Waals surface area contributed by atoms with Crippen molar-refractivity contribution < 1.29 is 14.3 Å². The van der Waals surface area contributed by atoms with Crippen LogP contribution >= 0.6 is 15.9 Å². The van der Waals surface area contributed by atoms with E-state index >= 15 is 0 Å². The van der Waals surface area contributed by atoms with Crippen molar-refractivity contribution in [3.63, 3.8) is 0 Å². The molecule has 0 saturated heterocycles. The maximum absolute atomic E-state index is 11.8. The maximum Gasteiger partial charge on any atom is 0.276 e. The van der Waals surface area contributed by atoms with Gasteiger partial charge in [-0.05, 0) is 51.2 Å². The van der Waals surface area contributed by atoms with Gasteiger partial charge in [0.25, 0.3) is 11.8 Å². The van der Waals surface area contributed by atoms with Crippen LogP contribution in [0.25, 0.3) is 6.08 Å². The minimum Gasteiger partial charge on any atom is -0.483 e. The molecular formula is C20H21BrN2O3. The highest BCUT2D eigenvalue weighted by Gasteiger charge is 2.08. The average Bonchev–Trinajstić information content (AvgIpc) is 2.64. The normalized spacial score (nSPS) is 10.8. The summed E-state index contributed by atoms with van der Waals surface area (Å²) in [6.07, 6.45) is 3.00. The van der Waals surface area contributed by atoms with Gasteiger partial charge in [-0.25, -0.2) is 0 Å². The molecule has 2 aromatic rings. The Labute approximate surface area is 161 Å². The Bertz CT molecular complexity index is 789. The summed E-state index contributed by atoms with van der Waals surface area (Å²) in [6, 6.07) is 15.1. The number of rotatable bonds is 6. The molecule has 2 aromatic carbocycles. The van der Waals surface area contributed by atoms with Crippen molar-refractivity contribution in [2.45, 2.75) is 19.8 Å². The summed E-state index contributed by atoms with van der Waals surface area (Å²) in [4.78, 5) is 23.5. The zero-order valence-corrected chi connectivity index (χ0v) is 16.2. The molecule has 136 valence electrons. The molecule has 0 aliphatic carbocycles. The summed E-state index contributed by atoms with van der Waals surface area (Å²) < 4.78 is 6.25. The number of halogens is 1. The summed E-state index contributed by atoms with van der Waals surface area (Å²) in [5.41, 5.74) is 6.69. The molecule has 0 spiro atoms. The van der Waals surface area contributed by atoms with Gasteiger partial charge < -0.3 is 4.74 Å². The fraction of sp³-hybridized carbons (Fsp3) is 0.200. The zero-order chi connectivity index (χ0) is 18.9. The number of nitrogens with one attached hydrogen (secondary N) is 2. The molecule has 2 amide bonds. The van der Waals surface area contributed by atoms with E-state index < -0.39 is 11.8 Å². The van der Waals surface area contributed by atoms with Crippen molar-refractivity contribution in [1.82, 2.24) is 10.9 Å². The molecule has 5 nitrogen and oxygen atoms in total. The fourth-order valence-electron chi connectivity index (χ4n) is 2.08. The number of carbonyl (C=O) groups excluding carboxylic acids is 2. The second-order valence-corrected chi connectivity index (χ2v) is 6.77. The second kappa shape index (κ2) is 9.77. The summed E-state index contributed by atoms with van der Waals surface area (Å²) in [5, 5.41) is 0. The van der Waals surface area contributed by atoms with Crippen LogP contribution in [0.15, 0.2) is 59.1 Å². The predicted octanol–water partition coefficient (Wildman–Crippen LogP) is 3.81. The molecule has 0 radical (unpaired) electrons.